The summed E-state index contributed by atoms with van der Waals surface area (Å²) in [6.07, 6.45) is 1.87. The summed E-state index contributed by atoms with van der Waals surface area (Å²) in [7, 11) is 1.61. The van der Waals surface area contributed by atoms with E-state index in [1.807, 2.05) is 36.4 Å². The van der Waals surface area contributed by atoms with Crippen LogP contribution in [0.5, 0.6) is 5.75 Å². The number of carbonyl (C=O) groups excluding carboxylic acids is 1. The van der Waals surface area contributed by atoms with E-state index in [2.05, 4.69) is 10.1 Å². The standard InChI is InChI=1S/C25H20ClN5O4/c1-35-23-8-3-2-7-20(23)22-14-21(16-9-11-18(26)12-10-16)29(25-27-15-28-30(22)25)24(32)17-5-4-6-19(13-17)31(33)34/h2-13,15,21-22H,14H2,1H3/t21-,22+/m1/s1. The highest BCUT2D eigenvalue weighted by molar-refractivity contribution is 6.30. The van der Waals surface area contributed by atoms with Crippen molar-refractivity contribution in [1.82, 2.24) is 14.8 Å². The number of ether oxygens (including phenoxy) is 1. The van der Waals surface area contributed by atoms with Crippen molar-refractivity contribution in [2.75, 3.05) is 12.0 Å². The molecule has 2 heterocycles. The van der Waals surface area contributed by atoms with Crippen LogP contribution >= 0.6 is 11.6 Å². The predicted octanol–water partition coefficient (Wildman–Crippen LogP) is 5.23. The van der Waals surface area contributed by atoms with E-state index in [0.29, 0.717) is 23.1 Å². The van der Waals surface area contributed by atoms with Crippen molar-refractivity contribution in [3.05, 3.63) is 111 Å². The molecule has 0 N–H and O–H groups in total. The van der Waals surface area contributed by atoms with E-state index < -0.39 is 16.9 Å². The van der Waals surface area contributed by atoms with Crippen molar-refractivity contribution in [3.8, 4) is 5.75 Å². The number of benzene rings is 3. The van der Waals surface area contributed by atoms with Crippen molar-refractivity contribution < 1.29 is 14.5 Å². The zero-order valence-corrected chi connectivity index (χ0v) is 19.4. The van der Waals surface area contributed by atoms with Crippen LogP contribution < -0.4 is 9.64 Å². The van der Waals surface area contributed by atoms with Crippen molar-refractivity contribution in [2.24, 2.45) is 0 Å². The third-order valence-corrected chi connectivity index (χ3v) is 6.35. The van der Waals surface area contributed by atoms with Crippen LogP contribution in [0.3, 0.4) is 0 Å². The van der Waals surface area contributed by atoms with E-state index in [0.717, 1.165) is 11.1 Å². The second-order valence-electron chi connectivity index (χ2n) is 8.05. The van der Waals surface area contributed by atoms with Gasteiger partial charge in [-0.3, -0.25) is 19.8 Å². The van der Waals surface area contributed by atoms with Crippen LogP contribution in [0.25, 0.3) is 0 Å². The minimum Gasteiger partial charge on any atom is -0.496 e. The van der Waals surface area contributed by atoms with E-state index >= 15 is 0 Å². The number of methoxy groups -OCH3 is 1. The SMILES string of the molecule is COc1ccccc1[C@@H]1C[C@H](c2ccc(Cl)cc2)N(C(=O)c2cccc([N+](=O)[O-])c2)c2ncnn21. The van der Waals surface area contributed by atoms with Gasteiger partial charge in [0.15, 0.2) is 0 Å². The smallest absolute Gasteiger partial charge is 0.270 e. The maximum absolute atomic E-state index is 13.8. The van der Waals surface area contributed by atoms with Gasteiger partial charge in [0.1, 0.15) is 12.1 Å². The Morgan fingerprint density at radius 1 is 1.09 bits per heavy atom. The summed E-state index contributed by atoms with van der Waals surface area (Å²) in [6, 6.07) is 19.9. The molecular weight excluding hydrogens is 470 g/mol. The number of amides is 1. The molecule has 1 aliphatic rings. The highest BCUT2D eigenvalue weighted by Gasteiger charge is 2.40. The molecule has 5 rings (SSSR count). The summed E-state index contributed by atoms with van der Waals surface area (Å²) >= 11 is 6.13. The molecule has 0 fully saturated rings. The molecule has 35 heavy (non-hydrogen) atoms. The molecule has 0 radical (unpaired) electrons. The highest BCUT2D eigenvalue weighted by atomic mass is 35.5. The Labute approximate surface area is 205 Å². The summed E-state index contributed by atoms with van der Waals surface area (Å²) < 4.78 is 7.30. The number of nitrogens with zero attached hydrogens (tertiary/aromatic N) is 5. The maximum atomic E-state index is 13.8. The van der Waals surface area contributed by atoms with Crippen molar-refractivity contribution in [2.45, 2.75) is 18.5 Å². The summed E-state index contributed by atoms with van der Waals surface area (Å²) in [5.41, 5.74) is 1.78. The van der Waals surface area contributed by atoms with Gasteiger partial charge in [0.2, 0.25) is 5.95 Å². The second kappa shape index (κ2) is 9.19. The number of para-hydroxylation sites is 1. The molecule has 3 aromatic carbocycles. The van der Waals surface area contributed by atoms with Gasteiger partial charge in [0.25, 0.3) is 11.6 Å². The van der Waals surface area contributed by atoms with E-state index in [1.165, 1.54) is 24.5 Å². The monoisotopic (exact) mass is 489 g/mol. The lowest BCUT2D eigenvalue weighted by molar-refractivity contribution is -0.384. The first-order valence-electron chi connectivity index (χ1n) is 10.8. The quantitative estimate of drug-likeness (QED) is 0.281. The minimum atomic E-state index is -0.524. The normalized spacial score (nSPS) is 17.0. The Morgan fingerprint density at radius 2 is 1.86 bits per heavy atom. The number of anilines is 1. The van der Waals surface area contributed by atoms with Gasteiger partial charge in [-0.25, -0.2) is 4.68 Å². The minimum absolute atomic E-state index is 0.163. The maximum Gasteiger partial charge on any atom is 0.270 e. The molecule has 4 aromatic rings. The largest absolute Gasteiger partial charge is 0.496 e. The highest BCUT2D eigenvalue weighted by Crippen LogP contribution is 2.44. The molecule has 0 saturated heterocycles. The molecule has 0 unspecified atom stereocenters. The van der Waals surface area contributed by atoms with Crippen LogP contribution in [0, 0.1) is 10.1 Å². The average molecular weight is 490 g/mol. The fourth-order valence-electron chi connectivity index (χ4n) is 4.49. The Balaban J connectivity index is 1.66. The molecule has 0 bridgehead atoms. The first-order chi connectivity index (χ1) is 17.0. The topological polar surface area (TPSA) is 103 Å². The van der Waals surface area contributed by atoms with Gasteiger partial charge in [-0.15, -0.1) is 0 Å². The zero-order valence-electron chi connectivity index (χ0n) is 18.6. The number of halogens is 1. The summed E-state index contributed by atoms with van der Waals surface area (Å²) in [4.78, 5) is 30.6. The van der Waals surface area contributed by atoms with Gasteiger partial charge in [-0.1, -0.05) is 48.0 Å². The van der Waals surface area contributed by atoms with E-state index in [4.69, 9.17) is 16.3 Å². The molecular formula is C25H20ClN5O4. The van der Waals surface area contributed by atoms with Gasteiger partial charge in [-0.2, -0.15) is 10.1 Å². The number of hydrogen-bond acceptors (Lipinski definition) is 6. The van der Waals surface area contributed by atoms with Gasteiger partial charge >= 0.3 is 0 Å². The van der Waals surface area contributed by atoms with Crippen LogP contribution in [0.2, 0.25) is 5.02 Å². The Kier molecular flexibility index (Phi) is 5.92. The Hall–Kier alpha value is -4.24. The van der Waals surface area contributed by atoms with Crippen LogP contribution in [-0.2, 0) is 0 Å². The fraction of sp³-hybridized carbons (Fsp3) is 0.160. The number of carbonyl (C=O) groups is 1. The molecule has 2 atom stereocenters. The number of nitro groups is 1. The van der Waals surface area contributed by atoms with Gasteiger partial charge in [0.05, 0.1) is 24.1 Å². The average Bonchev–Trinajstić information content (AvgIpc) is 3.38. The van der Waals surface area contributed by atoms with Crippen LogP contribution in [0.15, 0.2) is 79.1 Å². The summed E-state index contributed by atoms with van der Waals surface area (Å²) in [6.45, 7) is 0. The summed E-state index contributed by atoms with van der Waals surface area (Å²) in [5.74, 6) is 0.622. The predicted molar refractivity (Wildman–Crippen MR) is 130 cm³/mol. The number of fused-ring (bicyclic) bond motifs is 1. The molecule has 1 amide bonds. The Bertz CT molecular complexity index is 1410. The second-order valence-corrected chi connectivity index (χ2v) is 8.48. The molecule has 0 saturated carbocycles. The Morgan fingerprint density at radius 3 is 2.60 bits per heavy atom. The summed E-state index contributed by atoms with van der Waals surface area (Å²) in [5, 5.41) is 16.3. The first-order valence-corrected chi connectivity index (χ1v) is 11.2. The van der Waals surface area contributed by atoms with E-state index in [-0.39, 0.29) is 17.3 Å². The molecule has 9 nitrogen and oxygen atoms in total. The molecule has 1 aromatic heterocycles. The lowest BCUT2D eigenvalue weighted by atomic mass is 9.91. The first kappa shape index (κ1) is 22.5. The fourth-order valence-corrected chi connectivity index (χ4v) is 4.61. The molecule has 176 valence electrons. The third-order valence-electron chi connectivity index (χ3n) is 6.10. The van der Waals surface area contributed by atoms with Crippen LogP contribution in [-0.4, -0.2) is 32.7 Å². The van der Waals surface area contributed by atoms with Crippen molar-refractivity contribution in [3.63, 3.8) is 0 Å². The molecule has 10 heteroatoms. The number of aromatic nitrogens is 3. The van der Waals surface area contributed by atoms with Gasteiger partial charge in [-0.05, 0) is 36.2 Å². The van der Waals surface area contributed by atoms with Crippen LogP contribution in [0.1, 0.15) is 40.0 Å². The van der Waals surface area contributed by atoms with Crippen molar-refractivity contribution >= 4 is 29.1 Å². The van der Waals surface area contributed by atoms with E-state index in [1.54, 1.807) is 34.9 Å². The molecule has 1 aliphatic heterocycles. The lowest BCUT2D eigenvalue weighted by Crippen LogP contribution is -2.42. The number of non-ortho nitro benzene ring substituents is 1. The number of nitro benzene ring substituents is 1. The number of rotatable bonds is 5. The molecule has 0 spiro atoms. The van der Waals surface area contributed by atoms with Gasteiger partial charge in [0, 0.05) is 28.3 Å². The van der Waals surface area contributed by atoms with Crippen molar-refractivity contribution in [1.29, 1.82) is 0 Å². The third kappa shape index (κ3) is 4.10. The number of hydrogen-bond donors (Lipinski definition) is 0. The van der Waals surface area contributed by atoms with Crippen LogP contribution in [0.4, 0.5) is 11.6 Å². The lowest BCUT2D eigenvalue weighted by Gasteiger charge is -2.39. The molecule has 0 aliphatic carbocycles. The zero-order chi connectivity index (χ0) is 24.5. The van der Waals surface area contributed by atoms with E-state index in [9.17, 15) is 14.9 Å². The van der Waals surface area contributed by atoms with Gasteiger partial charge < -0.3 is 4.74 Å².